The third-order valence-electron chi connectivity index (χ3n) is 2.03. The summed E-state index contributed by atoms with van der Waals surface area (Å²) in [4.78, 5) is 13.0. The van der Waals surface area contributed by atoms with Crippen molar-refractivity contribution in [3.05, 3.63) is 0 Å². The zero-order valence-corrected chi connectivity index (χ0v) is 8.28. The number of rotatable bonds is 3. The molecular formula is C8H14N2OS. The summed E-state index contributed by atoms with van der Waals surface area (Å²) >= 11 is 5.00. The molecule has 0 bridgehead atoms. The molecule has 0 spiro atoms. The average molecular weight is 186 g/mol. The Kier molecular flexibility index (Phi) is 3.03. The summed E-state index contributed by atoms with van der Waals surface area (Å²) in [5.41, 5.74) is 0. The second kappa shape index (κ2) is 3.85. The molecule has 1 amide bonds. The van der Waals surface area contributed by atoms with Gasteiger partial charge in [0, 0.05) is 6.04 Å². The molecule has 3 nitrogen and oxygen atoms in total. The Balaban J connectivity index is 2.59. The molecule has 0 radical (unpaired) electrons. The van der Waals surface area contributed by atoms with E-state index >= 15 is 0 Å². The minimum absolute atomic E-state index is 0.0981. The second-order valence-electron chi connectivity index (χ2n) is 3.06. The quantitative estimate of drug-likeness (QED) is 0.664. The van der Waals surface area contributed by atoms with Crippen molar-refractivity contribution in [2.45, 2.75) is 32.7 Å². The van der Waals surface area contributed by atoms with Crippen molar-refractivity contribution in [1.29, 1.82) is 0 Å². The van der Waals surface area contributed by atoms with Gasteiger partial charge in [0.15, 0.2) is 5.11 Å². The largest absolute Gasteiger partial charge is 0.353 e. The number of amides is 1. The van der Waals surface area contributed by atoms with Crippen molar-refractivity contribution in [2.24, 2.45) is 0 Å². The first-order valence-electron chi connectivity index (χ1n) is 4.26. The van der Waals surface area contributed by atoms with E-state index in [1.54, 1.807) is 4.90 Å². The molecule has 4 heteroatoms. The van der Waals surface area contributed by atoms with E-state index in [2.05, 4.69) is 12.2 Å². The number of carbonyl (C=O) groups excluding carboxylic acids is 1. The molecule has 0 aliphatic carbocycles. The third kappa shape index (κ3) is 1.75. The smallest absolute Gasteiger partial charge is 0.248 e. The Bertz CT molecular complexity index is 189. The minimum atomic E-state index is 0.0981. The Morgan fingerprint density at radius 3 is 2.83 bits per heavy atom. The van der Waals surface area contributed by atoms with Gasteiger partial charge >= 0.3 is 0 Å². The van der Waals surface area contributed by atoms with Crippen LogP contribution >= 0.6 is 12.2 Å². The van der Waals surface area contributed by atoms with E-state index in [0.29, 0.717) is 11.7 Å². The average Bonchev–Trinajstić information content (AvgIpc) is 2.32. The molecule has 1 unspecified atom stereocenters. The minimum Gasteiger partial charge on any atom is -0.353 e. The first kappa shape index (κ1) is 9.45. The van der Waals surface area contributed by atoms with Gasteiger partial charge < -0.3 is 5.32 Å². The SMILES string of the molecule is CCCC(C)N1C(=O)CNC1=S. The molecule has 0 aromatic rings. The number of thiocarbonyl (C=S) groups is 1. The molecule has 0 aromatic carbocycles. The van der Waals surface area contributed by atoms with Crippen molar-refractivity contribution >= 4 is 23.2 Å². The van der Waals surface area contributed by atoms with E-state index in [-0.39, 0.29) is 11.9 Å². The summed E-state index contributed by atoms with van der Waals surface area (Å²) in [6.07, 6.45) is 2.08. The fourth-order valence-electron chi connectivity index (χ4n) is 1.43. The van der Waals surface area contributed by atoms with E-state index in [1.165, 1.54) is 0 Å². The Morgan fingerprint density at radius 1 is 1.75 bits per heavy atom. The molecule has 1 aliphatic heterocycles. The molecule has 1 saturated heterocycles. The standard InChI is InChI=1S/C8H14N2OS/c1-3-4-6(2)10-7(11)5-9-8(10)12/h6H,3-5H2,1-2H3,(H,9,12). The van der Waals surface area contributed by atoms with Crippen LogP contribution in [0.1, 0.15) is 26.7 Å². The van der Waals surface area contributed by atoms with E-state index in [9.17, 15) is 4.79 Å². The zero-order chi connectivity index (χ0) is 9.14. The van der Waals surface area contributed by atoms with Gasteiger partial charge in [-0.25, -0.2) is 0 Å². The Hall–Kier alpha value is -0.640. The highest BCUT2D eigenvalue weighted by Crippen LogP contribution is 2.10. The predicted octanol–water partition coefficient (Wildman–Crippen LogP) is 0.892. The highest BCUT2D eigenvalue weighted by Gasteiger charge is 2.28. The number of hydrogen-bond acceptors (Lipinski definition) is 2. The van der Waals surface area contributed by atoms with Gasteiger partial charge in [-0.3, -0.25) is 9.69 Å². The fourth-order valence-corrected chi connectivity index (χ4v) is 1.78. The van der Waals surface area contributed by atoms with Gasteiger partial charge in [0.05, 0.1) is 6.54 Å². The molecule has 1 aliphatic rings. The zero-order valence-electron chi connectivity index (χ0n) is 7.46. The van der Waals surface area contributed by atoms with Crippen molar-refractivity contribution in [1.82, 2.24) is 10.2 Å². The topological polar surface area (TPSA) is 32.3 Å². The maximum Gasteiger partial charge on any atom is 0.248 e. The first-order chi connectivity index (χ1) is 5.66. The summed E-state index contributed by atoms with van der Waals surface area (Å²) in [7, 11) is 0. The summed E-state index contributed by atoms with van der Waals surface area (Å²) in [5, 5.41) is 3.45. The van der Waals surface area contributed by atoms with Crippen molar-refractivity contribution in [3.8, 4) is 0 Å². The molecule has 1 fully saturated rings. The van der Waals surface area contributed by atoms with Crippen LogP contribution in [0.4, 0.5) is 0 Å². The normalized spacial score (nSPS) is 19.7. The molecule has 0 aromatic heterocycles. The van der Waals surface area contributed by atoms with Crippen LogP contribution in [0.5, 0.6) is 0 Å². The van der Waals surface area contributed by atoms with E-state index < -0.39 is 0 Å². The van der Waals surface area contributed by atoms with Gasteiger partial charge in [-0.05, 0) is 25.6 Å². The highest BCUT2D eigenvalue weighted by molar-refractivity contribution is 7.80. The Labute approximate surface area is 78.1 Å². The molecule has 68 valence electrons. The summed E-state index contributed by atoms with van der Waals surface area (Å²) < 4.78 is 0. The first-order valence-corrected chi connectivity index (χ1v) is 4.67. The van der Waals surface area contributed by atoms with Crippen LogP contribution in [-0.2, 0) is 4.79 Å². The molecule has 1 rings (SSSR count). The molecule has 1 N–H and O–H groups in total. The second-order valence-corrected chi connectivity index (χ2v) is 3.45. The highest BCUT2D eigenvalue weighted by atomic mass is 32.1. The van der Waals surface area contributed by atoms with Crippen LogP contribution < -0.4 is 5.32 Å². The van der Waals surface area contributed by atoms with Gasteiger partial charge in [0.2, 0.25) is 5.91 Å². The molecular weight excluding hydrogens is 172 g/mol. The monoisotopic (exact) mass is 186 g/mol. The summed E-state index contributed by atoms with van der Waals surface area (Å²) in [6.45, 7) is 4.50. The maximum atomic E-state index is 11.3. The number of nitrogens with one attached hydrogen (secondary N) is 1. The predicted molar refractivity (Wildman–Crippen MR) is 51.8 cm³/mol. The fraction of sp³-hybridized carbons (Fsp3) is 0.750. The van der Waals surface area contributed by atoms with E-state index in [4.69, 9.17) is 12.2 Å². The van der Waals surface area contributed by atoms with E-state index in [0.717, 1.165) is 12.8 Å². The molecule has 1 atom stereocenters. The van der Waals surface area contributed by atoms with Crippen LogP contribution in [0.25, 0.3) is 0 Å². The van der Waals surface area contributed by atoms with Gasteiger partial charge in [-0.1, -0.05) is 13.3 Å². The van der Waals surface area contributed by atoms with Crippen molar-refractivity contribution < 1.29 is 4.79 Å². The van der Waals surface area contributed by atoms with Crippen LogP contribution in [0.15, 0.2) is 0 Å². The molecule has 0 saturated carbocycles. The van der Waals surface area contributed by atoms with Crippen molar-refractivity contribution in [2.75, 3.05) is 6.54 Å². The summed E-state index contributed by atoms with van der Waals surface area (Å²) in [5.74, 6) is 0.0981. The lowest BCUT2D eigenvalue weighted by molar-refractivity contribution is -0.125. The van der Waals surface area contributed by atoms with Crippen molar-refractivity contribution in [3.63, 3.8) is 0 Å². The Morgan fingerprint density at radius 2 is 2.42 bits per heavy atom. The van der Waals surface area contributed by atoms with Crippen LogP contribution in [-0.4, -0.2) is 28.5 Å². The maximum absolute atomic E-state index is 11.3. The van der Waals surface area contributed by atoms with Gasteiger partial charge in [0.25, 0.3) is 0 Å². The number of hydrogen-bond donors (Lipinski definition) is 1. The lowest BCUT2D eigenvalue weighted by Crippen LogP contribution is -2.38. The van der Waals surface area contributed by atoms with E-state index in [1.807, 2.05) is 6.92 Å². The molecule has 1 heterocycles. The number of carbonyl (C=O) groups is 1. The molecule has 12 heavy (non-hydrogen) atoms. The lowest BCUT2D eigenvalue weighted by atomic mass is 10.2. The summed E-state index contributed by atoms with van der Waals surface area (Å²) in [6, 6.07) is 0.241. The third-order valence-corrected chi connectivity index (χ3v) is 2.37. The van der Waals surface area contributed by atoms with Gasteiger partial charge in [-0.2, -0.15) is 0 Å². The van der Waals surface area contributed by atoms with Crippen LogP contribution in [0, 0.1) is 0 Å². The lowest BCUT2D eigenvalue weighted by Gasteiger charge is -2.22. The van der Waals surface area contributed by atoms with Gasteiger partial charge in [0.1, 0.15) is 0 Å². The van der Waals surface area contributed by atoms with Crippen LogP contribution in [0.2, 0.25) is 0 Å². The van der Waals surface area contributed by atoms with Crippen LogP contribution in [0.3, 0.4) is 0 Å². The van der Waals surface area contributed by atoms with Gasteiger partial charge in [-0.15, -0.1) is 0 Å². The number of nitrogens with zero attached hydrogens (tertiary/aromatic N) is 1.